The van der Waals surface area contributed by atoms with Crippen LogP contribution in [0.5, 0.6) is 0 Å². The minimum atomic E-state index is -0.990. The molecule has 0 saturated carbocycles. The molecule has 44 heavy (non-hydrogen) atoms. The summed E-state index contributed by atoms with van der Waals surface area (Å²) >= 11 is 0. The quantitative estimate of drug-likeness (QED) is 0.163. The molecule has 3 aromatic heterocycles. The van der Waals surface area contributed by atoms with Gasteiger partial charge in [0.1, 0.15) is 22.6 Å². The molecule has 11 nitrogen and oxygen atoms in total. The molecular formula is C31H38F2N10O. The molecule has 0 spiro atoms. The predicted molar refractivity (Wildman–Crippen MR) is 169 cm³/mol. The van der Waals surface area contributed by atoms with Crippen molar-refractivity contribution < 1.29 is 13.6 Å². The van der Waals surface area contributed by atoms with E-state index in [1.807, 2.05) is 30.9 Å². The Morgan fingerprint density at radius 1 is 1.14 bits per heavy atom. The molecule has 1 aromatic carbocycles. The second-order valence-electron chi connectivity index (χ2n) is 11.9. The molecule has 2 fully saturated rings. The van der Waals surface area contributed by atoms with Crippen LogP contribution in [0.4, 0.5) is 26.0 Å². The number of anilines is 3. The molecule has 5 N–H and O–H groups in total. The lowest BCUT2D eigenvalue weighted by Gasteiger charge is -2.45. The largest absolute Gasteiger partial charge is 0.394 e. The number of hydrogen-bond donors (Lipinski definition) is 3. The fourth-order valence-electron chi connectivity index (χ4n) is 6.19. The topological polar surface area (TPSA) is 137 Å². The number of nitrogens with one attached hydrogen (secondary N) is 1. The van der Waals surface area contributed by atoms with Crippen molar-refractivity contribution in [1.29, 1.82) is 0 Å². The van der Waals surface area contributed by atoms with Crippen molar-refractivity contribution in [3.05, 3.63) is 47.7 Å². The molecule has 232 valence electrons. The molecular weight excluding hydrogens is 566 g/mol. The normalized spacial score (nSPS) is 16.3. The van der Waals surface area contributed by atoms with Crippen molar-refractivity contribution in [2.24, 2.45) is 5.84 Å². The number of hydrogen-bond acceptors (Lipinski definition) is 9. The third-order valence-electron chi connectivity index (χ3n) is 9.28. The maximum atomic E-state index is 16.6. The van der Waals surface area contributed by atoms with Crippen molar-refractivity contribution in [3.63, 3.8) is 0 Å². The number of nitrogens with zero attached hydrogens (tertiary/aromatic N) is 7. The van der Waals surface area contributed by atoms with Crippen LogP contribution in [-0.2, 0) is 4.79 Å². The Hall–Kier alpha value is -4.36. The van der Waals surface area contributed by atoms with E-state index in [1.54, 1.807) is 11.2 Å². The van der Waals surface area contributed by atoms with E-state index < -0.39 is 17.6 Å². The molecule has 0 bridgehead atoms. The highest BCUT2D eigenvalue weighted by Crippen LogP contribution is 2.42. The van der Waals surface area contributed by atoms with E-state index in [-0.39, 0.29) is 17.3 Å². The van der Waals surface area contributed by atoms with Crippen LogP contribution in [-0.4, -0.2) is 87.7 Å². The number of benzene rings is 1. The van der Waals surface area contributed by atoms with E-state index >= 15 is 4.39 Å². The number of halogens is 2. The second-order valence-corrected chi connectivity index (χ2v) is 11.9. The fraction of sp³-hybridized carbons (Fsp3) is 0.419. The number of likely N-dealkylation sites (tertiary alicyclic amines) is 1. The highest BCUT2D eigenvalue weighted by atomic mass is 19.1. The van der Waals surface area contributed by atoms with Gasteiger partial charge in [0.2, 0.25) is 0 Å². The number of likely N-dealkylation sites (N-methyl/N-ethyl adjacent to an activating group) is 1. The van der Waals surface area contributed by atoms with Crippen LogP contribution in [0, 0.1) is 19.7 Å². The Bertz CT molecular complexity index is 1770. The smallest absolute Gasteiger partial charge is 0.281 e. The summed E-state index contributed by atoms with van der Waals surface area (Å²) in [5.74, 6) is 4.90. The Morgan fingerprint density at radius 3 is 2.48 bits per heavy atom. The third-order valence-corrected chi connectivity index (χ3v) is 9.28. The summed E-state index contributed by atoms with van der Waals surface area (Å²) in [5, 5.41) is 10.1. The van der Waals surface area contributed by atoms with Crippen molar-refractivity contribution in [1.82, 2.24) is 30.0 Å². The van der Waals surface area contributed by atoms with Gasteiger partial charge >= 0.3 is 0 Å². The Morgan fingerprint density at radius 2 is 1.82 bits per heavy atom. The van der Waals surface area contributed by atoms with Gasteiger partial charge in [0.15, 0.2) is 17.5 Å². The number of hydrazine groups is 1. The maximum absolute atomic E-state index is 16.6. The van der Waals surface area contributed by atoms with Gasteiger partial charge in [-0.1, -0.05) is 13.5 Å². The summed E-state index contributed by atoms with van der Waals surface area (Å²) in [7, 11) is 2.07. The zero-order valence-electron chi connectivity index (χ0n) is 25.5. The highest BCUT2D eigenvalue weighted by Gasteiger charge is 2.35. The maximum Gasteiger partial charge on any atom is 0.281 e. The number of nitrogens with two attached hydrogens (primary N) is 2. The number of piperidine rings is 1. The summed E-state index contributed by atoms with van der Waals surface area (Å²) in [6.07, 6.45) is 2.48. The van der Waals surface area contributed by atoms with Gasteiger partial charge in [0.05, 0.1) is 11.2 Å². The summed E-state index contributed by atoms with van der Waals surface area (Å²) in [6, 6.07) is 4.04. The number of carbonyl (C=O) groups is 1. The monoisotopic (exact) mass is 604 g/mol. The van der Waals surface area contributed by atoms with Crippen molar-refractivity contribution in [2.45, 2.75) is 45.7 Å². The minimum Gasteiger partial charge on any atom is -0.394 e. The van der Waals surface area contributed by atoms with E-state index in [9.17, 15) is 9.18 Å². The van der Waals surface area contributed by atoms with Crippen LogP contribution in [0.25, 0.3) is 33.2 Å². The van der Waals surface area contributed by atoms with Gasteiger partial charge in [-0.05, 0) is 63.5 Å². The first kappa shape index (κ1) is 29.7. The highest BCUT2D eigenvalue weighted by molar-refractivity contribution is 6.04. The van der Waals surface area contributed by atoms with E-state index in [0.717, 1.165) is 28.6 Å². The lowest BCUT2D eigenvalue weighted by Crippen LogP contribution is -2.59. The van der Waals surface area contributed by atoms with Gasteiger partial charge in [-0.2, -0.15) is 5.10 Å². The average Bonchev–Trinajstić information content (AvgIpc) is 3.38. The number of aromatic amines is 1. The van der Waals surface area contributed by atoms with Crippen molar-refractivity contribution in [3.8, 4) is 11.4 Å². The molecule has 13 heteroatoms. The van der Waals surface area contributed by atoms with Gasteiger partial charge in [-0.3, -0.25) is 14.9 Å². The Kier molecular flexibility index (Phi) is 7.62. The lowest BCUT2D eigenvalue weighted by atomic mass is 10.0. The molecule has 0 radical (unpaired) electrons. The summed E-state index contributed by atoms with van der Waals surface area (Å²) in [4.78, 5) is 27.1. The molecule has 1 amide bonds. The van der Waals surface area contributed by atoms with Crippen LogP contribution in [0.2, 0.25) is 0 Å². The number of amides is 1. The molecule has 5 heterocycles. The summed E-state index contributed by atoms with van der Waals surface area (Å²) in [5.41, 5.74) is 11.1. The molecule has 0 aliphatic carbocycles. The lowest BCUT2D eigenvalue weighted by molar-refractivity contribution is -0.129. The van der Waals surface area contributed by atoms with Crippen molar-refractivity contribution >= 4 is 44.9 Å². The van der Waals surface area contributed by atoms with Gasteiger partial charge < -0.3 is 25.4 Å². The first-order valence-corrected chi connectivity index (χ1v) is 14.9. The van der Waals surface area contributed by atoms with E-state index in [2.05, 4.69) is 40.6 Å². The van der Waals surface area contributed by atoms with Crippen LogP contribution in [0.1, 0.15) is 30.9 Å². The first-order valence-electron chi connectivity index (χ1n) is 14.9. The van der Waals surface area contributed by atoms with Gasteiger partial charge in [-0.25, -0.2) is 19.6 Å². The molecule has 2 aliphatic rings. The number of pyridine rings is 2. The Labute approximate surface area is 254 Å². The molecule has 6 rings (SSSR count). The number of fused-ring (bicyclic) bond motifs is 2. The van der Waals surface area contributed by atoms with Crippen LogP contribution in [0.3, 0.4) is 0 Å². The molecule has 0 unspecified atom stereocenters. The Balaban J connectivity index is 1.44. The molecule has 0 atom stereocenters. The number of carbonyl (C=O) groups excluding carboxylic acids is 1. The zero-order valence-corrected chi connectivity index (χ0v) is 25.5. The predicted octanol–water partition coefficient (Wildman–Crippen LogP) is 3.81. The average molecular weight is 605 g/mol. The number of rotatable bonds is 7. The van der Waals surface area contributed by atoms with Gasteiger partial charge in [0, 0.05) is 55.2 Å². The SMILES string of the molecule is C=C(F)C(=O)N1CCC(N(N)c2c(N)c(N3CC(N(C)CC)C3)nc3c(F)c(-c4n[nH]c5cc(C)c(C)cc45)ncc23)CC1. The third kappa shape index (κ3) is 4.89. The zero-order chi connectivity index (χ0) is 31.4. The fourth-order valence-corrected chi connectivity index (χ4v) is 6.19. The van der Waals surface area contributed by atoms with E-state index in [1.165, 1.54) is 4.90 Å². The first-order chi connectivity index (χ1) is 21.0. The number of nitrogen functional groups attached to an aromatic ring is 1. The molecule has 2 saturated heterocycles. The minimum absolute atomic E-state index is 0.0789. The van der Waals surface area contributed by atoms with Gasteiger partial charge in [0.25, 0.3) is 5.91 Å². The van der Waals surface area contributed by atoms with Crippen LogP contribution in [0.15, 0.2) is 30.7 Å². The van der Waals surface area contributed by atoms with Gasteiger partial charge in [-0.15, -0.1) is 0 Å². The van der Waals surface area contributed by atoms with E-state index in [0.29, 0.717) is 73.3 Å². The molecule has 4 aromatic rings. The number of aryl methyl sites for hydroxylation is 2. The van der Waals surface area contributed by atoms with Crippen molar-refractivity contribution in [2.75, 3.05) is 55.4 Å². The number of aromatic nitrogens is 4. The van der Waals surface area contributed by atoms with Crippen LogP contribution < -0.4 is 21.5 Å². The van der Waals surface area contributed by atoms with Crippen LogP contribution >= 0.6 is 0 Å². The second kappa shape index (κ2) is 11.3. The van der Waals surface area contributed by atoms with E-state index in [4.69, 9.17) is 16.6 Å². The summed E-state index contributed by atoms with van der Waals surface area (Å²) < 4.78 is 30.1. The number of H-pyrrole nitrogens is 1. The summed E-state index contributed by atoms with van der Waals surface area (Å²) in [6.45, 7) is 12.1. The standard InChI is InChI=1S/C31H38F2N10O/c1-6-40(5)20-14-42(15-20)30-25(34)29(43(35)19-7-9-41(10-8-19)31(44)18(4)32)22-13-36-28(24(33)26(22)37-30)27-21-11-16(2)17(3)12-23(21)38-39-27/h11-13,19-20H,4,6-10,14-15,34-35H2,1-3,5H3,(H,38,39). The molecule has 2 aliphatic heterocycles.